The highest BCUT2D eigenvalue weighted by atomic mass is 32.2. The van der Waals surface area contributed by atoms with Crippen LogP contribution < -0.4 is 4.90 Å². The topological polar surface area (TPSA) is 32.7 Å². The molecule has 0 N–H and O–H groups in total. The van der Waals surface area contributed by atoms with Crippen molar-refractivity contribution in [2.24, 2.45) is 4.99 Å². The molecule has 0 amide bonds. The van der Waals surface area contributed by atoms with Crippen LogP contribution in [-0.2, 0) is 0 Å². The number of thiophene rings is 1. The lowest BCUT2D eigenvalue weighted by molar-refractivity contribution is 0.101. The lowest BCUT2D eigenvalue weighted by Gasteiger charge is -2.28. The summed E-state index contributed by atoms with van der Waals surface area (Å²) in [5, 5.41) is 2.91. The maximum Gasteiger partial charge on any atom is 0.192 e. The summed E-state index contributed by atoms with van der Waals surface area (Å²) < 4.78 is 0. The van der Waals surface area contributed by atoms with Crippen molar-refractivity contribution in [2.45, 2.75) is 20.3 Å². The van der Waals surface area contributed by atoms with Crippen LogP contribution in [0.4, 0.5) is 5.69 Å². The average Bonchev–Trinajstić information content (AvgIpc) is 3.11. The van der Waals surface area contributed by atoms with Crippen LogP contribution in [0.5, 0.6) is 0 Å². The predicted molar refractivity (Wildman–Crippen MR) is 101 cm³/mol. The molecule has 3 nitrogen and oxygen atoms in total. The zero-order valence-electron chi connectivity index (χ0n) is 13.4. The van der Waals surface area contributed by atoms with E-state index in [9.17, 15) is 4.79 Å². The number of nitrogens with zero attached hydrogens (tertiary/aromatic N) is 2. The quantitative estimate of drug-likeness (QED) is 0.763. The van der Waals surface area contributed by atoms with Gasteiger partial charge in [-0.1, -0.05) is 30.0 Å². The molecule has 0 saturated carbocycles. The van der Waals surface area contributed by atoms with Crippen LogP contribution in [-0.4, -0.2) is 29.8 Å². The molecule has 0 fully saturated rings. The first-order valence-electron chi connectivity index (χ1n) is 7.74. The molecule has 23 heavy (non-hydrogen) atoms. The molecule has 0 aliphatic carbocycles. The van der Waals surface area contributed by atoms with Gasteiger partial charge in [0, 0.05) is 18.0 Å². The summed E-state index contributed by atoms with van der Waals surface area (Å²) >= 11 is 3.25. The molecular weight excluding hydrogens is 324 g/mol. The van der Waals surface area contributed by atoms with E-state index >= 15 is 0 Å². The Kier molecular flexibility index (Phi) is 5.18. The normalized spacial score (nSPS) is 14.4. The van der Waals surface area contributed by atoms with E-state index in [0.29, 0.717) is 6.54 Å². The number of carbonyl (C=O) groups excluding carboxylic acids is 1. The molecule has 0 radical (unpaired) electrons. The number of benzene rings is 1. The molecule has 5 heteroatoms. The van der Waals surface area contributed by atoms with Gasteiger partial charge in [-0.05, 0) is 48.9 Å². The largest absolute Gasteiger partial charge is 0.313 e. The second-order valence-electron chi connectivity index (χ2n) is 5.57. The minimum Gasteiger partial charge on any atom is -0.313 e. The molecular formula is C18H20N2OS2. The third-order valence-electron chi connectivity index (χ3n) is 3.98. The van der Waals surface area contributed by atoms with Crippen LogP contribution in [0.2, 0.25) is 0 Å². The highest BCUT2D eigenvalue weighted by Crippen LogP contribution is 2.28. The van der Waals surface area contributed by atoms with Crippen LogP contribution in [0.15, 0.2) is 40.7 Å². The smallest absolute Gasteiger partial charge is 0.192 e. The lowest BCUT2D eigenvalue weighted by atomic mass is 10.1. The van der Waals surface area contributed by atoms with Gasteiger partial charge in [-0.25, -0.2) is 0 Å². The van der Waals surface area contributed by atoms with Crippen LogP contribution >= 0.6 is 23.1 Å². The zero-order chi connectivity index (χ0) is 16.2. The number of thioether (sulfide) groups is 1. The van der Waals surface area contributed by atoms with Gasteiger partial charge in [-0.15, -0.1) is 11.3 Å². The molecule has 1 aliphatic heterocycles. The average molecular weight is 345 g/mol. The first-order chi connectivity index (χ1) is 11.2. The minimum absolute atomic E-state index is 0.148. The summed E-state index contributed by atoms with van der Waals surface area (Å²) in [6.45, 7) is 5.41. The first kappa shape index (κ1) is 16.3. The number of aliphatic imine (C=N–C) groups is 1. The van der Waals surface area contributed by atoms with Gasteiger partial charge in [0.15, 0.2) is 11.0 Å². The number of hydrogen-bond donors (Lipinski definition) is 0. The second kappa shape index (κ2) is 7.32. The van der Waals surface area contributed by atoms with Crippen molar-refractivity contribution in [2.75, 3.05) is 23.7 Å². The third kappa shape index (κ3) is 3.67. The van der Waals surface area contributed by atoms with Crippen LogP contribution in [0.1, 0.15) is 27.2 Å². The third-order valence-corrected chi connectivity index (χ3v) is 5.99. The van der Waals surface area contributed by atoms with Crippen molar-refractivity contribution in [1.82, 2.24) is 0 Å². The van der Waals surface area contributed by atoms with Crippen LogP contribution in [0, 0.1) is 13.8 Å². The SMILES string of the molecule is Cc1cccc(N(CC(=O)c2cccs2)C2=NCCCS2)c1C. The van der Waals surface area contributed by atoms with Crippen LogP contribution in [0.3, 0.4) is 0 Å². The van der Waals surface area contributed by atoms with Crippen molar-refractivity contribution in [3.63, 3.8) is 0 Å². The van der Waals surface area contributed by atoms with E-state index in [1.165, 1.54) is 22.5 Å². The zero-order valence-corrected chi connectivity index (χ0v) is 15.0. The molecule has 1 aromatic heterocycles. The van der Waals surface area contributed by atoms with E-state index in [1.807, 2.05) is 23.6 Å². The van der Waals surface area contributed by atoms with E-state index in [4.69, 9.17) is 0 Å². The Morgan fingerprint density at radius 3 is 2.83 bits per heavy atom. The summed E-state index contributed by atoms with van der Waals surface area (Å²) in [4.78, 5) is 20.2. The van der Waals surface area contributed by atoms with Crippen molar-refractivity contribution in [3.05, 3.63) is 51.7 Å². The Morgan fingerprint density at radius 1 is 1.26 bits per heavy atom. The first-order valence-corrected chi connectivity index (χ1v) is 9.61. The maximum atomic E-state index is 12.6. The monoisotopic (exact) mass is 344 g/mol. The molecule has 1 aliphatic rings. The van der Waals surface area contributed by atoms with E-state index in [1.54, 1.807) is 11.8 Å². The standard InChI is InChI=1S/C18H20N2OS2/c1-13-6-3-7-15(14(13)2)20(18-19-9-5-11-23-18)12-16(21)17-8-4-10-22-17/h3-4,6-8,10H,5,9,11-12H2,1-2H3. The van der Waals surface area contributed by atoms with Gasteiger partial charge in [0.25, 0.3) is 0 Å². The van der Waals surface area contributed by atoms with E-state index < -0.39 is 0 Å². The van der Waals surface area contributed by atoms with E-state index in [0.717, 1.165) is 34.5 Å². The van der Waals surface area contributed by atoms with Gasteiger partial charge in [-0.3, -0.25) is 9.79 Å². The van der Waals surface area contributed by atoms with Gasteiger partial charge < -0.3 is 4.90 Å². The van der Waals surface area contributed by atoms with Crippen molar-refractivity contribution in [3.8, 4) is 0 Å². The Balaban J connectivity index is 1.95. The fourth-order valence-corrected chi connectivity index (χ4v) is 4.17. The van der Waals surface area contributed by atoms with Crippen molar-refractivity contribution in [1.29, 1.82) is 0 Å². The fourth-order valence-electron chi connectivity index (χ4n) is 2.55. The lowest BCUT2D eigenvalue weighted by Crippen LogP contribution is -2.36. The Bertz CT molecular complexity index is 723. The van der Waals surface area contributed by atoms with Gasteiger partial charge in [0.1, 0.15) is 0 Å². The summed E-state index contributed by atoms with van der Waals surface area (Å²) in [6.07, 6.45) is 1.10. The number of rotatable bonds is 4. The number of carbonyl (C=O) groups is 1. The number of Topliss-reactive ketones (excluding diaryl/α,β-unsaturated/α-hetero) is 1. The van der Waals surface area contributed by atoms with Crippen molar-refractivity contribution < 1.29 is 4.79 Å². The summed E-state index contributed by atoms with van der Waals surface area (Å²) in [5.41, 5.74) is 3.53. The number of amidine groups is 1. The molecule has 120 valence electrons. The second-order valence-corrected chi connectivity index (χ2v) is 7.58. The Labute approximate surface area is 145 Å². The van der Waals surface area contributed by atoms with Gasteiger partial charge in [0.2, 0.25) is 0 Å². The van der Waals surface area contributed by atoms with Crippen LogP contribution in [0.25, 0.3) is 0 Å². The minimum atomic E-state index is 0.148. The number of ketones is 1. The molecule has 0 atom stereocenters. The molecule has 0 saturated heterocycles. The molecule has 0 unspecified atom stereocenters. The number of anilines is 1. The molecule has 2 heterocycles. The molecule has 2 aromatic rings. The highest BCUT2D eigenvalue weighted by molar-refractivity contribution is 8.14. The van der Waals surface area contributed by atoms with E-state index in [-0.39, 0.29) is 5.78 Å². The maximum absolute atomic E-state index is 12.6. The summed E-state index contributed by atoms with van der Waals surface area (Å²) in [5.74, 6) is 1.21. The van der Waals surface area contributed by atoms with Gasteiger partial charge in [0.05, 0.1) is 11.4 Å². The summed E-state index contributed by atoms with van der Waals surface area (Å²) in [6, 6.07) is 10.1. The fraction of sp³-hybridized carbons (Fsp3) is 0.333. The molecule has 0 spiro atoms. The summed E-state index contributed by atoms with van der Waals surface area (Å²) in [7, 11) is 0. The predicted octanol–water partition coefficient (Wildman–Crippen LogP) is 4.55. The van der Waals surface area contributed by atoms with Gasteiger partial charge >= 0.3 is 0 Å². The van der Waals surface area contributed by atoms with E-state index in [2.05, 4.69) is 35.9 Å². The molecule has 1 aromatic carbocycles. The number of aryl methyl sites for hydroxylation is 1. The molecule has 0 bridgehead atoms. The van der Waals surface area contributed by atoms with Crippen molar-refractivity contribution >= 4 is 39.7 Å². The van der Waals surface area contributed by atoms with Gasteiger partial charge in [-0.2, -0.15) is 0 Å². The molecule has 3 rings (SSSR count). The number of hydrogen-bond acceptors (Lipinski definition) is 5. The Morgan fingerprint density at radius 2 is 2.13 bits per heavy atom. The highest BCUT2D eigenvalue weighted by Gasteiger charge is 2.22. The Hall–Kier alpha value is -1.59.